The molecule has 1 heterocycles. The van der Waals surface area contributed by atoms with Gasteiger partial charge in [-0.05, 0) is 122 Å². The zero-order valence-electron chi connectivity index (χ0n) is 39.9. The third kappa shape index (κ3) is 6.86. The van der Waals surface area contributed by atoms with Crippen LogP contribution in [0.3, 0.4) is 0 Å². The molecule has 0 aliphatic rings. The molecule has 0 radical (unpaired) electrons. The summed E-state index contributed by atoms with van der Waals surface area (Å²) in [6.07, 6.45) is 1.80. The number of nitrogens with zero attached hydrogens (tertiary/aromatic N) is 2. The molecule has 0 saturated heterocycles. The zero-order valence-corrected chi connectivity index (χ0v) is 39.9. The lowest BCUT2D eigenvalue weighted by Gasteiger charge is -2.28. The van der Waals surface area contributed by atoms with Crippen molar-refractivity contribution in [2.45, 2.75) is 131 Å². The van der Waals surface area contributed by atoms with Crippen molar-refractivity contribution in [3.8, 4) is 33.4 Å². The van der Waals surface area contributed by atoms with E-state index in [-0.39, 0.29) is 27.1 Å². The van der Waals surface area contributed by atoms with Crippen molar-refractivity contribution >= 4 is 54.1 Å². The molecule has 0 spiro atoms. The largest absolute Gasteiger partial charge is 0.236 e. The Balaban J connectivity index is 1.62. The second-order valence-electron chi connectivity index (χ2n) is 23.2. The normalized spacial score (nSPS) is 13.4. The first kappa shape index (κ1) is 41.7. The zero-order chi connectivity index (χ0) is 44.5. The molecule has 0 N–H and O–H groups in total. The number of aromatic nitrogens is 2. The molecule has 9 aromatic rings. The monoisotopic (exact) mass is 813 g/mol. The van der Waals surface area contributed by atoms with Crippen LogP contribution in [0.25, 0.3) is 87.5 Å². The first-order valence-electron chi connectivity index (χ1n) is 22.7. The van der Waals surface area contributed by atoms with Crippen molar-refractivity contribution in [2.75, 3.05) is 0 Å². The van der Waals surface area contributed by atoms with Crippen LogP contribution in [0.4, 0.5) is 0 Å². The summed E-state index contributed by atoms with van der Waals surface area (Å²) in [6.45, 7) is 34.6. The van der Waals surface area contributed by atoms with E-state index in [1.165, 1.54) is 98.9 Å². The maximum absolute atomic E-state index is 5.25. The van der Waals surface area contributed by atoms with Crippen molar-refractivity contribution in [3.63, 3.8) is 0 Å². The van der Waals surface area contributed by atoms with Gasteiger partial charge in [0.2, 0.25) is 0 Å². The molecular formula is C60H64N2. The maximum atomic E-state index is 5.25. The Morgan fingerprint density at radius 1 is 0.274 bits per heavy atom. The Morgan fingerprint density at radius 3 is 0.871 bits per heavy atom. The summed E-state index contributed by atoms with van der Waals surface area (Å²) in [5.74, 6) is 0. The summed E-state index contributed by atoms with van der Waals surface area (Å²) in [6, 6.07) is 42.8. The lowest BCUT2D eigenvalue weighted by Crippen LogP contribution is -2.11. The van der Waals surface area contributed by atoms with Crippen molar-refractivity contribution in [2.24, 2.45) is 0 Å². The van der Waals surface area contributed by atoms with Crippen LogP contribution in [-0.4, -0.2) is 9.97 Å². The predicted octanol–water partition coefficient (Wildman–Crippen LogP) is 17.2. The standard InChI is InChI=1S/C60H64N2/c1-56(2,3)38-22-16-35(17-23-38)47-48(36-18-24-39(25-19-36)57(4,5)6)50-43-30-28-41(59(10,11)12)32-45(43)54-53-52(50)51(49(47)37-20-26-40(27-21-37)58(7,8)9)44-31-29-42(60(13,14)15)33-46(44)55(53)62-34-61-54/h16-34H,1-15H3. The molecule has 62 heavy (non-hydrogen) atoms. The third-order valence-electron chi connectivity index (χ3n) is 13.5. The minimum atomic E-state index is -0.0452. The summed E-state index contributed by atoms with van der Waals surface area (Å²) in [7, 11) is 0. The van der Waals surface area contributed by atoms with Crippen LogP contribution in [0.1, 0.15) is 132 Å². The number of benzene rings is 8. The van der Waals surface area contributed by atoms with Gasteiger partial charge in [0, 0.05) is 21.5 Å². The maximum Gasteiger partial charge on any atom is 0.116 e. The lowest BCUT2D eigenvalue weighted by molar-refractivity contribution is 0.590. The Bertz CT molecular complexity index is 3000. The smallest absolute Gasteiger partial charge is 0.116 e. The van der Waals surface area contributed by atoms with Crippen molar-refractivity contribution in [1.82, 2.24) is 9.97 Å². The summed E-state index contributed by atoms with van der Waals surface area (Å²) in [4.78, 5) is 10.5. The Kier molecular flexibility index (Phi) is 9.39. The fraction of sp³-hybridized carbons (Fsp3) is 0.333. The highest BCUT2D eigenvalue weighted by Gasteiger charge is 2.30. The second kappa shape index (κ2) is 14.0. The molecule has 2 nitrogen and oxygen atoms in total. The quantitative estimate of drug-likeness (QED) is 0.131. The van der Waals surface area contributed by atoms with E-state index in [1.807, 2.05) is 0 Å². The molecular weight excluding hydrogens is 749 g/mol. The molecule has 2 heteroatoms. The van der Waals surface area contributed by atoms with Crippen molar-refractivity contribution < 1.29 is 0 Å². The van der Waals surface area contributed by atoms with E-state index in [4.69, 9.17) is 9.97 Å². The van der Waals surface area contributed by atoms with Gasteiger partial charge in [0.15, 0.2) is 0 Å². The van der Waals surface area contributed by atoms with Crippen molar-refractivity contribution in [1.29, 1.82) is 0 Å². The van der Waals surface area contributed by atoms with E-state index >= 15 is 0 Å². The first-order valence-corrected chi connectivity index (χ1v) is 22.7. The highest BCUT2D eigenvalue weighted by atomic mass is 14.8. The minimum Gasteiger partial charge on any atom is -0.236 e. The summed E-state index contributed by atoms with van der Waals surface area (Å²) < 4.78 is 0. The van der Waals surface area contributed by atoms with Crippen LogP contribution in [0.2, 0.25) is 0 Å². The predicted molar refractivity (Wildman–Crippen MR) is 271 cm³/mol. The number of hydrogen-bond donors (Lipinski definition) is 0. The highest BCUT2D eigenvalue weighted by molar-refractivity contribution is 6.44. The van der Waals surface area contributed by atoms with E-state index < -0.39 is 0 Å². The molecule has 0 unspecified atom stereocenters. The minimum absolute atomic E-state index is 0.0188. The summed E-state index contributed by atoms with van der Waals surface area (Å²) in [5, 5.41) is 9.70. The average molecular weight is 813 g/mol. The third-order valence-corrected chi connectivity index (χ3v) is 13.5. The SMILES string of the molecule is CC(C)(C)c1ccc(-c2c(-c3ccc(C(C)(C)C)cc3)c3c4ccc(C(C)(C)C)cc4c4ncnc5c6cc(C(C)(C)C)ccc6c(c2-c2ccc(C(C)(C)C)cc2)c3c45)cc1. The van der Waals surface area contributed by atoms with Crippen LogP contribution >= 0.6 is 0 Å². The van der Waals surface area contributed by atoms with Gasteiger partial charge in [0.1, 0.15) is 6.33 Å². The van der Waals surface area contributed by atoms with E-state index in [9.17, 15) is 0 Å². The van der Waals surface area contributed by atoms with Gasteiger partial charge >= 0.3 is 0 Å². The van der Waals surface area contributed by atoms with Gasteiger partial charge in [-0.15, -0.1) is 0 Å². The van der Waals surface area contributed by atoms with Crippen LogP contribution in [-0.2, 0) is 27.1 Å². The highest BCUT2D eigenvalue weighted by Crippen LogP contribution is 2.56. The van der Waals surface area contributed by atoms with Crippen LogP contribution < -0.4 is 0 Å². The average Bonchev–Trinajstić information content (AvgIpc) is 3.20. The summed E-state index contributed by atoms with van der Waals surface area (Å²) in [5.41, 5.74) is 15.9. The summed E-state index contributed by atoms with van der Waals surface area (Å²) >= 11 is 0. The topological polar surface area (TPSA) is 25.8 Å². The number of fused-ring (bicyclic) bond motifs is 6. The van der Waals surface area contributed by atoms with Crippen molar-refractivity contribution in [3.05, 3.63) is 143 Å². The fourth-order valence-electron chi connectivity index (χ4n) is 9.70. The van der Waals surface area contributed by atoms with Crippen LogP contribution in [0.15, 0.2) is 116 Å². The molecule has 0 atom stereocenters. The van der Waals surface area contributed by atoms with E-state index in [0.717, 1.165) is 16.4 Å². The van der Waals surface area contributed by atoms with E-state index in [2.05, 4.69) is 213 Å². The molecule has 314 valence electrons. The molecule has 9 rings (SSSR count). The Hall–Kier alpha value is -5.60. The molecule has 0 aliphatic carbocycles. The Morgan fingerprint density at radius 2 is 0.565 bits per heavy atom. The Labute approximate surface area is 370 Å². The molecule has 0 saturated carbocycles. The van der Waals surface area contributed by atoms with Gasteiger partial charge in [-0.25, -0.2) is 9.97 Å². The van der Waals surface area contributed by atoms with Gasteiger partial charge in [0.05, 0.1) is 11.0 Å². The second-order valence-corrected chi connectivity index (χ2v) is 23.2. The number of hydrogen-bond acceptors (Lipinski definition) is 2. The molecule has 0 amide bonds. The molecule has 0 aliphatic heterocycles. The van der Waals surface area contributed by atoms with E-state index in [1.54, 1.807) is 6.33 Å². The van der Waals surface area contributed by atoms with Gasteiger partial charge < -0.3 is 0 Å². The van der Waals surface area contributed by atoms with Gasteiger partial charge in [0.25, 0.3) is 0 Å². The van der Waals surface area contributed by atoms with Crippen LogP contribution in [0, 0.1) is 0 Å². The molecule has 1 aromatic heterocycles. The van der Waals surface area contributed by atoms with Gasteiger partial charge in [-0.1, -0.05) is 201 Å². The molecule has 8 aromatic carbocycles. The van der Waals surface area contributed by atoms with Gasteiger partial charge in [-0.3, -0.25) is 0 Å². The van der Waals surface area contributed by atoms with E-state index in [0.29, 0.717) is 0 Å². The molecule has 0 fully saturated rings. The van der Waals surface area contributed by atoms with Crippen LogP contribution in [0.5, 0.6) is 0 Å². The first-order chi connectivity index (χ1) is 28.9. The fourth-order valence-corrected chi connectivity index (χ4v) is 9.70. The lowest BCUT2D eigenvalue weighted by atomic mass is 9.75. The van der Waals surface area contributed by atoms with Gasteiger partial charge in [-0.2, -0.15) is 0 Å². The number of rotatable bonds is 3. The molecule has 0 bridgehead atoms.